The van der Waals surface area contributed by atoms with Crippen molar-refractivity contribution in [1.29, 1.82) is 0 Å². The highest BCUT2D eigenvalue weighted by atomic mass is 31.7. The summed E-state index contributed by atoms with van der Waals surface area (Å²) in [5, 5.41) is -0.653. The summed E-state index contributed by atoms with van der Waals surface area (Å²) in [7, 11) is -0.330. The Balaban J connectivity index is 3.07. The standard InChI is InChI=1S/C27H31F9P2/c1-22(2,3)14-10-16(23(4,5)6)20(17(11-14)24(7,8)9)37-38-21-18(26(31,32)33)12-15(25(28,29)30)13-19(21)27(34,35)36/h10-13H,1-9H3. The van der Waals surface area contributed by atoms with Gasteiger partial charge >= 0.3 is 18.5 Å². The van der Waals surface area contributed by atoms with E-state index in [-0.39, 0.29) is 25.4 Å². The van der Waals surface area contributed by atoms with E-state index in [9.17, 15) is 39.5 Å². The fraction of sp³-hybridized carbons (Fsp3) is 0.556. The smallest absolute Gasteiger partial charge is 0.166 e. The van der Waals surface area contributed by atoms with Crippen LogP contribution in [0.15, 0.2) is 24.3 Å². The second kappa shape index (κ2) is 10.1. The predicted octanol–water partition coefficient (Wildman–Crippen LogP) is 10.4. The summed E-state index contributed by atoms with van der Waals surface area (Å²) in [5.74, 6) is 0. The minimum atomic E-state index is -5.42. The van der Waals surface area contributed by atoms with Crippen molar-refractivity contribution in [2.45, 2.75) is 97.1 Å². The average molecular weight is 588 g/mol. The molecule has 2 rings (SSSR count). The summed E-state index contributed by atoms with van der Waals surface area (Å²) < 4.78 is 123. The molecule has 0 atom stereocenters. The maximum atomic E-state index is 13.9. The lowest BCUT2D eigenvalue weighted by atomic mass is 9.75. The summed E-state index contributed by atoms with van der Waals surface area (Å²) in [4.78, 5) is 0. The second-order valence-electron chi connectivity index (χ2n) is 12.3. The minimum Gasteiger partial charge on any atom is -0.166 e. The topological polar surface area (TPSA) is 0 Å². The lowest BCUT2D eigenvalue weighted by Crippen LogP contribution is -2.29. The van der Waals surface area contributed by atoms with Gasteiger partial charge in [0.1, 0.15) is 0 Å². The van der Waals surface area contributed by atoms with Gasteiger partial charge in [-0.25, -0.2) is 0 Å². The Labute approximate surface area is 220 Å². The van der Waals surface area contributed by atoms with Crippen LogP contribution in [0.1, 0.15) is 95.7 Å². The third-order valence-corrected chi connectivity index (χ3v) is 8.85. The molecule has 0 aliphatic heterocycles. The van der Waals surface area contributed by atoms with Crippen molar-refractivity contribution in [2.24, 2.45) is 0 Å². The third-order valence-electron chi connectivity index (χ3n) is 5.89. The largest absolute Gasteiger partial charge is 0.417 e. The molecule has 0 amide bonds. The molecule has 0 fully saturated rings. The number of hydrogen-bond acceptors (Lipinski definition) is 0. The molecule has 0 unspecified atom stereocenters. The van der Waals surface area contributed by atoms with Gasteiger partial charge in [0.25, 0.3) is 0 Å². The van der Waals surface area contributed by atoms with Gasteiger partial charge in [0.15, 0.2) is 0 Å². The van der Waals surface area contributed by atoms with Gasteiger partial charge in [0.05, 0.1) is 16.7 Å². The zero-order chi connectivity index (χ0) is 29.9. The zero-order valence-corrected chi connectivity index (χ0v) is 24.4. The van der Waals surface area contributed by atoms with Crippen LogP contribution in [-0.2, 0) is 34.8 Å². The molecule has 212 valence electrons. The first-order valence-electron chi connectivity index (χ1n) is 11.7. The maximum absolute atomic E-state index is 13.9. The fourth-order valence-electron chi connectivity index (χ4n) is 3.76. The van der Waals surface area contributed by atoms with Crippen molar-refractivity contribution in [3.8, 4) is 0 Å². The molecule has 0 radical (unpaired) electrons. The van der Waals surface area contributed by atoms with Crippen molar-refractivity contribution in [3.63, 3.8) is 0 Å². The Hall–Kier alpha value is -1.59. The third kappa shape index (κ3) is 7.53. The van der Waals surface area contributed by atoms with Gasteiger partial charge in [-0.1, -0.05) is 74.4 Å². The molecule has 11 heteroatoms. The Morgan fingerprint density at radius 2 is 0.684 bits per heavy atom. The fourth-order valence-corrected chi connectivity index (χ4v) is 7.46. The van der Waals surface area contributed by atoms with Gasteiger partial charge in [-0.05, 0) is 60.8 Å². The van der Waals surface area contributed by atoms with E-state index < -0.39 is 59.2 Å². The quantitative estimate of drug-likeness (QED) is 0.242. The summed E-state index contributed by atoms with van der Waals surface area (Å²) in [6.07, 6.45) is -16.2. The summed E-state index contributed by atoms with van der Waals surface area (Å²) in [6, 6.07) is 3.39. The molecular formula is C27H31F9P2. The van der Waals surface area contributed by atoms with Crippen LogP contribution in [0.3, 0.4) is 0 Å². The van der Waals surface area contributed by atoms with Gasteiger partial charge in [-0.15, -0.1) is 0 Å². The Morgan fingerprint density at radius 3 is 0.921 bits per heavy atom. The van der Waals surface area contributed by atoms with Gasteiger partial charge in [-0.3, -0.25) is 0 Å². The summed E-state index contributed by atoms with van der Waals surface area (Å²) >= 11 is 0. The predicted molar refractivity (Wildman–Crippen MR) is 137 cm³/mol. The Morgan fingerprint density at radius 1 is 0.395 bits per heavy atom. The molecule has 0 nitrogen and oxygen atoms in total. The van der Waals surface area contributed by atoms with Crippen LogP contribution in [0.4, 0.5) is 39.5 Å². The molecule has 0 N–H and O–H groups in total. The van der Waals surface area contributed by atoms with Gasteiger partial charge in [-0.2, -0.15) is 39.5 Å². The van der Waals surface area contributed by atoms with Gasteiger partial charge in [0, 0.05) is 10.6 Å². The minimum absolute atomic E-state index is 0.0983. The average Bonchev–Trinajstić information content (AvgIpc) is 2.66. The molecule has 0 aliphatic carbocycles. The molecule has 2 aromatic rings. The lowest BCUT2D eigenvalue weighted by molar-refractivity contribution is -0.147. The maximum Gasteiger partial charge on any atom is 0.417 e. The van der Waals surface area contributed by atoms with E-state index in [1.54, 1.807) is 0 Å². The van der Waals surface area contributed by atoms with Crippen molar-refractivity contribution < 1.29 is 39.5 Å². The Bertz CT molecular complexity index is 1050. The van der Waals surface area contributed by atoms with Crippen LogP contribution < -0.4 is 10.6 Å². The SMILES string of the molecule is CC(C)(C)c1cc(C(C)(C)C)c(P=Pc2c(C(F)(F)F)cc(C(F)(F)F)cc2C(F)(F)F)c(C(C)(C)C)c1. The van der Waals surface area contributed by atoms with Crippen molar-refractivity contribution in [3.05, 3.63) is 57.6 Å². The first-order valence-corrected chi connectivity index (χ1v) is 14.2. The van der Waals surface area contributed by atoms with Crippen LogP contribution in [-0.4, -0.2) is 0 Å². The summed E-state index contributed by atoms with van der Waals surface area (Å²) in [5.41, 5.74) is -4.69. The molecule has 38 heavy (non-hydrogen) atoms. The highest BCUT2D eigenvalue weighted by Gasteiger charge is 2.44. The van der Waals surface area contributed by atoms with Crippen LogP contribution in [0, 0.1) is 0 Å². The van der Waals surface area contributed by atoms with Crippen LogP contribution in [0.5, 0.6) is 0 Å². The molecule has 0 aliphatic rings. The lowest BCUT2D eigenvalue weighted by Gasteiger charge is -2.32. The van der Waals surface area contributed by atoms with Gasteiger partial charge in [0.2, 0.25) is 0 Å². The molecule has 0 spiro atoms. The summed E-state index contributed by atoms with van der Waals surface area (Å²) in [6.45, 7) is 17.4. The molecular weight excluding hydrogens is 557 g/mol. The highest BCUT2D eigenvalue weighted by Crippen LogP contribution is 2.43. The second-order valence-corrected chi connectivity index (χ2v) is 14.8. The molecule has 0 aromatic heterocycles. The first kappa shape index (κ1) is 32.6. The van der Waals surface area contributed by atoms with Crippen molar-refractivity contribution >= 4 is 26.3 Å². The monoisotopic (exact) mass is 588 g/mol. The first-order chi connectivity index (χ1) is 16.6. The van der Waals surface area contributed by atoms with Crippen LogP contribution in [0.25, 0.3) is 0 Å². The number of halogens is 9. The number of benzene rings is 2. The number of hydrogen-bond donors (Lipinski definition) is 0. The number of alkyl halides is 9. The zero-order valence-electron chi connectivity index (χ0n) is 22.6. The molecule has 0 saturated carbocycles. The van der Waals surface area contributed by atoms with E-state index in [4.69, 9.17) is 0 Å². The Kier molecular flexibility index (Phi) is 8.68. The normalized spacial score (nSPS) is 14.5. The van der Waals surface area contributed by atoms with E-state index in [0.29, 0.717) is 5.30 Å². The van der Waals surface area contributed by atoms with Crippen LogP contribution in [0.2, 0.25) is 0 Å². The molecule has 2 aromatic carbocycles. The molecule has 0 saturated heterocycles. The number of rotatable bonds is 2. The molecule has 0 bridgehead atoms. The molecule has 0 heterocycles. The van der Waals surface area contributed by atoms with Crippen molar-refractivity contribution in [1.82, 2.24) is 0 Å². The highest BCUT2D eigenvalue weighted by molar-refractivity contribution is 7.91. The van der Waals surface area contributed by atoms with E-state index >= 15 is 0 Å². The van der Waals surface area contributed by atoms with E-state index in [2.05, 4.69) is 0 Å². The van der Waals surface area contributed by atoms with E-state index in [1.165, 1.54) is 0 Å². The van der Waals surface area contributed by atoms with Gasteiger partial charge < -0.3 is 0 Å². The van der Waals surface area contributed by atoms with E-state index in [0.717, 1.165) is 16.7 Å². The van der Waals surface area contributed by atoms with Crippen LogP contribution >= 0.6 is 15.7 Å². The van der Waals surface area contributed by atoms with Crippen molar-refractivity contribution in [2.75, 3.05) is 0 Å². The van der Waals surface area contributed by atoms with E-state index in [1.807, 2.05) is 74.4 Å².